The summed E-state index contributed by atoms with van der Waals surface area (Å²) in [6.07, 6.45) is 2.57. The first-order valence-electron chi connectivity index (χ1n) is 8.31. The molecule has 0 radical (unpaired) electrons. The number of nitrogens with one attached hydrogen (secondary N) is 1. The number of piperidine rings is 1. The lowest BCUT2D eigenvalue weighted by atomic mass is 10.0. The Bertz CT molecular complexity index is 733. The third-order valence-electron chi connectivity index (χ3n) is 4.23. The Hall–Kier alpha value is -2.41. The number of amides is 2. The van der Waals surface area contributed by atoms with Crippen LogP contribution >= 0.6 is 11.3 Å². The molecule has 3 heterocycles. The van der Waals surface area contributed by atoms with Crippen LogP contribution in [0.2, 0.25) is 0 Å². The molecule has 0 bridgehead atoms. The molecule has 3 rings (SSSR count). The van der Waals surface area contributed by atoms with Crippen molar-refractivity contribution < 1.29 is 14.3 Å². The Kier molecular flexibility index (Phi) is 5.65. The minimum atomic E-state index is -0.422. The first kappa shape index (κ1) is 17.4. The van der Waals surface area contributed by atoms with Gasteiger partial charge in [-0.2, -0.15) is 0 Å². The van der Waals surface area contributed by atoms with Gasteiger partial charge in [0.1, 0.15) is 6.04 Å². The van der Waals surface area contributed by atoms with Crippen molar-refractivity contribution in [3.05, 3.63) is 46.3 Å². The maximum atomic E-state index is 12.7. The number of hydrogen-bond donors (Lipinski definition) is 1. The fraction of sp³-hybridized carbons (Fsp3) is 0.389. The van der Waals surface area contributed by atoms with E-state index in [1.165, 1.54) is 11.3 Å². The van der Waals surface area contributed by atoms with Gasteiger partial charge in [0.05, 0.1) is 24.2 Å². The van der Waals surface area contributed by atoms with Crippen LogP contribution in [-0.2, 0) is 11.3 Å². The normalized spacial score (nSPS) is 17.2. The molecule has 2 aromatic heterocycles. The molecule has 6 nitrogen and oxygen atoms in total. The van der Waals surface area contributed by atoms with E-state index in [2.05, 4.69) is 10.3 Å². The summed E-state index contributed by atoms with van der Waals surface area (Å²) in [5.41, 5.74) is 0.722. The highest BCUT2D eigenvalue weighted by Gasteiger charge is 2.32. The van der Waals surface area contributed by atoms with Crippen molar-refractivity contribution >= 4 is 23.2 Å². The number of pyridine rings is 1. The van der Waals surface area contributed by atoms with E-state index in [-0.39, 0.29) is 11.8 Å². The van der Waals surface area contributed by atoms with Crippen LogP contribution in [0.25, 0.3) is 0 Å². The molecule has 1 unspecified atom stereocenters. The monoisotopic (exact) mass is 359 g/mol. The predicted molar refractivity (Wildman–Crippen MR) is 95.6 cm³/mol. The molecular weight excluding hydrogens is 338 g/mol. The highest BCUT2D eigenvalue weighted by molar-refractivity contribution is 7.12. The Labute approximate surface area is 150 Å². The number of ether oxygens (including phenoxy) is 1. The zero-order valence-corrected chi connectivity index (χ0v) is 14.9. The highest BCUT2D eigenvalue weighted by Crippen LogP contribution is 2.22. The second-order valence-corrected chi connectivity index (χ2v) is 6.82. The van der Waals surface area contributed by atoms with Crippen molar-refractivity contribution in [3.63, 3.8) is 0 Å². The summed E-state index contributed by atoms with van der Waals surface area (Å²) in [5, 5.41) is 4.78. The molecule has 2 amide bonds. The predicted octanol–water partition coefficient (Wildman–Crippen LogP) is 2.46. The van der Waals surface area contributed by atoms with Crippen molar-refractivity contribution in [3.8, 4) is 5.88 Å². The first-order chi connectivity index (χ1) is 12.2. The molecule has 2 aromatic rings. The van der Waals surface area contributed by atoms with Crippen molar-refractivity contribution in [2.45, 2.75) is 31.8 Å². The van der Waals surface area contributed by atoms with Crippen molar-refractivity contribution in [2.24, 2.45) is 0 Å². The second-order valence-electron chi connectivity index (χ2n) is 5.88. The van der Waals surface area contributed by atoms with Gasteiger partial charge in [-0.05, 0) is 36.8 Å². The number of rotatable bonds is 5. The van der Waals surface area contributed by atoms with E-state index in [4.69, 9.17) is 4.74 Å². The second kappa shape index (κ2) is 8.11. The number of carbonyl (C=O) groups is 2. The summed E-state index contributed by atoms with van der Waals surface area (Å²) in [4.78, 5) is 32.0. The van der Waals surface area contributed by atoms with Crippen LogP contribution in [0.3, 0.4) is 0 Å². The van der Waals surface area contributed by atoms with Crippen LogP contribution in [0.1, 0.15) is 34.6 Å². The molecule has 1 N–H and O–H groups in total. The van der Waals surface area contributed by atoms with Crippen LogP contribution in [0, 0.1) is 0 Å². The Morgan fingerprint density at radius 3 is 2.96 bits per heavy atom. The molecule has 7 heteroatoms. The van der Waals surface area contributed by atoms with Gasteiger partial charge in [-0.25, -0.2) is 4.98 Å². The van der Waals surface area contributed by atoms with Crippen molar-refractivity contribution in [1.29, 1.82) is 0 Å². The van der Waals surface area contributed by atoms with Crippen molar-refractivity contribution in [1.82, 2.24) is 15.2 Å². The number of likely N-dealkylation sites (tertiary alicyclic amines) is 1. The molecule has 0 aliphatic carbocycles. The van der Waals surface area contributed by atoms with Gasteiger partial charge in [0, 0.05) is 12.6 Å². The third kappa shape index (κ3) is 4.17. The standard InChI is InChI=1S/C18H21N3O3S/c1-24-16-9-4-6-13(20-16)12-19-17(22)14-7-2-3-10-21(14)18(23)15-8-5-11-25-15/h4-6,8-9,11,14H,2-3,7,10,12H2,1H3,(H,19,22). The quantitative estimate of drug-likeness (QED) is 0.890. The van der Waals surface area contributed by atoms with Crippen LogP contribution in [-0.4, -0.2) is 41.4 Å². The Morgan fingerprint density at radius 2 is 2.20 bits per heavy atom. The number of hydrogen-bond acceptors (Lipinski definition) is 5. The first-order valence-corrected chi connectivity index (χ1v) is 9.19. The smallest absolute Gasteiger partial charge is 0.264 e. The van der Waals surface area contributed by atoms with E-state index >= 15 is 0 Å². The van der Waals surface area contributed by atoms with Gasteiger partial charge in [-0.3, -0.25) is 9.59 Å². The number of aromatic nitrogens is 1. The number of carbonyl (C=O) groups excluding carboxylic acids is 2. The number of nitrogens with zero attached hydrogens (tertiary/aromatic N) is 2. The van der Waals surface area contributed by atoms with Gasteiger partial charge in [-0.1, -0.05) is 12.1 Å². The summed E-state index contributed by atoms with van der Waals surface area (Å²) in [7, 11) is 1.56. The van der Waals surface area contributed by atoms with E-state index in [1.54, 1.807) is 24.1 Å². The van der Waals surface area contributed by atoms with Crippen LogP contribution in [0.4, 0.5) is 0 Å². The van der Waals surface area contributed by atoms with Crippen molar-refractivity contribution in [2.75, 3.05) is 13.7 Å². The third-order valence-corrected chi connectivity index (χ3v) is 5.09. The van der Waals surface area contributed by atoms with Gasteiger partial charge in [-0.15, -0.1) is 11.3 Å². The molecule has 1 aliphatic rings. The Morgan fingerprint density at radius 1 is 1.32 bits per heavy atom. The lowest BCUT2D eigenvalue weighted by Crippen LogP contribution is -2.51. The van der Waals surface area contributed by atoms with E-state index < -0.39 is 6.04 Å². The largest absolute Gasteiger partial charge is 0.481 e. The molecule has 132 valence electrons. The lowest BCUT2D eigenvalue weighted by Gasteiger charge is -2.34. The molecule has 0 aromatic carbocycles. The van der Waals surface area contributed by atoms with Crippen LogP contribution < -0.4 is 10.1 Å². The van der Waals surface area contributed by atoms with E-state index in [1.807, 2.05) is 23.6 Å². The molecule has 25 heavy (non-hydrogen) atoms. The molecule has 1 fully saturated rings. The van der Waals surface area contributed by atoms with Crippen LogP contribution in [0.5, 0.6) is 5.88 Å². The molecule has 0 spiro atoms. The average Bonchev–Trinajstić information content (AvgIpc) is 3.20. The molecule has 1 atom stereocenters. The van der Waals surface area contributed by atoms with Gasteiger partial charge in [0.2, 0.25) is 11.8 Å². The molecule has 1 saturated heterocycles. The van der Waals surface area contributed by atoms with E-state index in [0.717, 1.165) is 18.5 Å². The number of methoxy groups -OCH3 is 1. The van der Waals surface area contributed by atoms with E-state index in [0.29, 0.717) is 30.3 Å². The summed E-state index contributed by atoms with van der Waals surface area (Å²) in [5.74, 6) is 0.322. The summed E-state index contributed by atoms with van der Waals surface area (Å²) < 4.78 is 5.09. The minimum absolute atomic E-state index is 0.0608. The zero-order valence-electron chi connectivity index (χ0n) is 14.1. The molecular formula is C18H21N3O3S. The molecule has 1 aliphatic heterocycles. The lowest BCUT2D eigenvalue weighted by molar-refractivity contribution is -0.126. The Balaban J connectivity index is 1.65. The van der Waals surface area contributed by atoms with Gasteiger partial charge in [0.15, 0.2) is 0 Å². The number of thiophene rings is 1. The summed E-state index contributed by atoms with van der Waals surface area (Å²) >= 11 is 1.41. The van der Waals surface area contributed by atoms with Gasteiger partial charge in [0.25, 0.3) is 5.91 Å². The maximum Gasteiger partial charge on any atom is 0.264 e. The maximum absolute atomic E-state index is 12.7. The van der Waals surface area contributed by atoms with E-state index in [9.17, 15) is 9.59 Å². The summed E-state index contributed by atoms with van der Waals surface area (Å²) in [6.45, 7) is 0.930. The fourth-order valence-electron chi connectivity index (χ4n) is 2.95. The van der Waals surface area contributed by atoms with Gasteiger partial charge >= 0.3 is 0 Å². The summed E-state index contributed by atoms with van der Waals surface area (Å²) in [6, 6.07) is 8.66. The van der Waals surface area contributed by atoms with Gasteiger partial charge < -0.3 is 15.0 Å². The topological polar surface area (TPSA) is 71.5 Å². The zero-order chi connectivity index (χ0) is 17.6. The highest BCUT2D eigenvalue weighted by atomic mass is 32.1. The van der Waals surface area contributed by atoms with Crippen LogP contribution in [0.15, 0.2) is 35.7 Å². The fourth-order valence-corrected chi connectivity index (χ4v) is 3.63. The average molecular weight is 359 g/mol. The molecule has 0 saturated carbocycles. The minimum Gasteiger partial charge on any atom is -0.481 e. The SMILES string of the molecule is COc1cccc(CNC(=O)C2CCCCN2C(=O)c2cccs2)n1.